The van der Waals surface area contributed by atoms with E-state index in [0.717, 1.165) is 18.9 Å². The first-order chi connectivity index (χ1) is 19.2. The smallest absolute Gasteiger partial charge is 0.414 e. The number of carbonyl (C=O) groups excluding carboxylic acids is 1. The van der Waals surface area contributed by atoms with Gasteiger partial charge in [-0.25, -0.2) is 18.4 Å². The number of anilines is 3. The van der Waals surface area contributed by atoms with Crippen LogP contribution in [0.3, 0.4) is 0 Å². The topological polar surface area (TPSA) is 107 Å². The largest absolute Gasteiger partial charge is 0.477 e. The van der Waals surface area contributed by atoms with Gasteiger partial charge in [0.2, 0.25) is 5.43 Å². The summed E-state index contributed by atoms with van der Waals surface area (Å²) in [7, 11) is 1.77. The van der Waals surface area contributed by atoms with E-state index in [0.29, 0.717) is 61.8 Å². The number of nitrogens with zero attached hydrogens (tertiary/aromatic N) is 4. The van der Waals surface area contributed by atoms with E-state index in [2.05, 4.69) is 5.32 Å². The van der Waals surface area contributed by atoms with E-state index in [1.54, 1.807) is 29.8 Å². The monoisotopic (exact) mass is 553 g/mol. The number of piperazine rings is 1. The summed E-state index contributed by atoms with van der Waals surface area (Å²) in [5.41, 5.74) is 0.583. The Kier molecular flexibility index (Phi) is 6.57. The fourth-order valence-corrected chi connectivity index (χ4v) is 5.58. The second kappa shape index (κ2) is 10.1. The number of fused-ring (bicyclic) bond motifs is 1. The maximum Gasteiger partial charge on any atom is 0.414 e. The number of aromatic nitrogens is 1. The first-order valence-electron chi connectivity index (χ1n) is 13.3. The Labute approximate surface area is 228 Å². The van der Waals surface area contributed by atoms with Crippen LogP contribution in [0, 0.1) is 11.6 Å². The molecule has 2 N–H and O–H groups in total. The fraction of sp³-hybridized carbons (Fsp3) is 0.393. The molecule has 1 amide bonds. The molecular formula is C28H29F2N5O5. The highest BCUT2D eigenvalue weighted by atomic mass is 19.1. The van der Waals surface area contributed by atoms with Crippen molar-refractivity contribution in [1.82, 2.24) is 9.88 Å². The lowest BCUT2D eigenvalue weighted by Crippen LogP contribution is -2.47. The molecule has 2 aromatic carbocycles. The number of pyridine rings is 1. The summed E-state index contributed by atoms with van der Waals surface area (Å²) in [5, 5.41) is 12.5. The SMILES string of the molecule is CNCC1CN(c2ccc(N3CCN(c4cc5c(cc4F)c(=O)c(C(=O)O)cn5C4CC4)CC3)c(F)c2)C(=O)O1. The summed E-state index contributed by atoms with van der Waals surface area (Å²) in [6.07, 6.45) is 2.27. The predicted octanol–water partition coefficient (Wildman–Crippen LogP) is 3.18. The zero-order chi connectivity index (χ0) is 28.1. The van der Waals surface area contributed by atoms with Crippen molar-refractivity contribution in [1.29, 1.82) is 0 Å². The number of rotatable bonds is 7. The molecule has 1 atom stereocenters. The second-order valence-electron chi connectivity index (χ2n) is 10.4. The van der Waals surface area contributed by atoms with Gasteiger partial charge in [0.1, 0.15) is 23.3 Å². The number of carbonyl (C=O) groups is 2. The molecule has 1 aliphatic carbocycles. The van der Waals surface area contributed by atoms with E-state index in [4.69, 9.17) is 4.74 Å². The van der Waals surface area contributed by atoms with Crippen molar-refractivity contribution in [2.24, 2.45) is 0 Å². The highest BCUT2D eigenvalue weighted by molar-refractivity contribution is 5.94. The lowest BCUT2D eigenvalue weighted by atomic mass is 10.1. The van der Waals surface area contributed by atoms with E-state index in [9.17, 15) is 19.5 Å². The van der Waals surface area contributed by atoms with E-state index in [-0.39, 0.29) is 23.1 Å². The predicted molar refractivity (Wildman–Crippen MR) is 146 cm³/mol. The molecule has 3 fully saturated rings. The van der Waals surface area contributed by atoms with Gasteiger partial charge in [-0.3, -0.25) is 9.69 Å². The molecule has 3 heterocycles. The Morgan fingerprint density at radius 3 is 2.33 bits per heavy atom. The van der Waals surface area contributed by atoms with Crippen LogP contribution in [0.2, 0.25) is 0 Å². The number of hydrogen-bond donors (Lipinski definition) is 2. The third kappa shape index (κ3) is 4.61. The molecule has 0 spiro atoms. The average molecular weight is 554 g/mol. The van der Waals surface area contributed by atoms with Crippen LogP contribution in [0.15, 0.2) is 41.3 Å². The van der Waals surface area contributed by atoms with Gasteiger partial charge in [-0.05, 0) is 50.2 Å². The molecule has 210 valence electrons. The second-order valence-corrected chi connectivity index (χ2v) is 10.4. The highest BCUT2D eigenvalue weighted by Gasteiger charge is 2.33. The van der Waals surface area contributed by atoms with Gasteiger partial charge in [0.15, 0.2) is 0 Å². The average Bonchev–Trinajstić information content (AvgIpc) is 3.71. The van der Waals surface area contributed by atoms with Crippen LogP contribution >= 0.6 is 0 Å². The number of halogens is 2. The number of benzene rings is 2. The van der Waals surface area contributed by atoms with Crippen molar-refractivity contribution in [2.45, 2.75) is 25.0 Å². The number of amides is 1. The number of nitrogens with one attached hydrogen (secondary N) is 1. The molecule has 2 aliphatic heterocycles. The third-order valence-electron chi connectivity index (χ3n) is 7.78. The molecule has 1 aromatic heterocycles. The first-order valence-corrected chi connectivity index (χ1v) is 13.3. The highest BCUT2D eigenvalue weighted by Crippen LogP contribution is 2.38. The van der Waals surface area contributed by atoms with Crippen molar-refractivity contribution in [3.05, 3.63) is 63.9 Å². The maximum atomic E-state index is 15.3. The number of ether oxygens (including phenoxy) is 1. The van der Waals surface area contributed by atoms with E-state index < -0.39 is 29.1 Å². The van der Waals surface area contributed by atoms with Crippen molar-refractivity contribution in [3.63, 3.8) is 0 Å². The lowest BCUT2D eigenvalue weighted by Gasteiger charge is -2.37. The molecule has 1 saturated carbocycles. The van der Waals surface area contributed by atoms with Crippen LogP contribution < -0.4 is 25.4 Å². The number of carboxylic acid groups (broad SMARTS) is 1. The van der Waals surface area contributed by atoms with Crippen LogP contribution in [0.5, 0.6) is 0 Å². The summed E-state index contributed by atoms with van der Waals surface area (Å²) < 4.78 is 37.6. The Hall–Kier alpha value is -4.19. The standard InChI is InChI=1S/C28H29F2N5O5/c1-31-13-18-14-35(28(39)40-18)17-4-5-23(21(29)10-17)32-6-8-33(9-7-32)25-12-24-19(11-22(25)30)26(36)20(27(37)38)15-34(24)16-2-3-16/h4-5,10-12,15-16,18,31H,2-3,6-9,13-14H2,1H3,(H,37,38). The summed E-state index contributed by atoms with van der Waals surface area (Å²) in [5.74, 6) is -2.40. The van der Waals surface area contributed by atoms with Crippen LogP contribution in [0.4, 0.5) is 30.6 Å². The number of aromatic carboxylic acids is 1. The summed E-state index contributed by atoms with van der Waals surface area (Å²) in [6, 6.07) is 7.50. The molecule has 0 bridgehead atoms. The Bertz CT molecular complexity index is 1560. The van der Waals surface area contributed by atoms with Gasteiger partial charge in [0.05, 0.1) is 29.1 Å². The molecule has 3 aromatic rings. The van der Waals surface area contributed by atoms with Crippen LogP contribution in [0.25, 0.3) is 10.9 Å². The van der Waals surface area contributed by atoms with Crippen molar-refractivity contribution >= 4 is 40.0 Å². The van der Waals surface area contributed by atoms with E-state index in [1.807, 2.05) is 9.80 Å². The minimum absolute atomic E-state index is 0.0491. The fourth-order valence-electron chi connectivity index (χ4n) is 5.58. The minimum atomic E-state index is -1.33. The molecule has 1 unspecified atom stereocenters. The van der Waals surface area contributed by atoms with E-state index >= 15 is 8.78 Å². The quantitative estimate of drug-likeness (QED) is 0.460. The van der Waals surface area contributed by atoms with E-state index in [1.165, 1.54) is 17.2 Å². The van der Waals surface area contributed by atoms with Gasteiger partial charge in [-0.2, -0.15) is 0 Å². The molecule has 12 heteroatoms. The molecular weight excluding hydrogens is 524 g/mol. The van der Waals surface area contributed by atoms with Crippen LogP contribution in [-0.2, 0) is 4.74 Å². The normalized spacial score (nSPS) is 19.4. The number of cyclic esters (lactones) is 1. The molecule has 0 radical (unpaired) electrons. The van der Waals surface area contributed by atoms with Crippen molar-refractivity contribution < 1.29 is 28.2 Å². The summed E-state index contributed by atoms with van der Waals surface area (Å²) >= 11 is 0. The Morgan fingerprint density at radius 2 is 1.70 bits per heavy atom. The van der Waals surface area contributed by atoms with Crippen LogP contribution in [0.1, 0.15) is 29.2 Å². The number of carboxylic acids is 1. The van der Waals surface area contributed by atoms with Gasteiger partial charge >= 0.3 is 12.1 Å². The maximum absolute atomic E-state index is 15.3. The molecule has 6 rings (SSSR count). The van der Waals surface area contributed by atoms with Crippen molar-refractivity contribution in [2.75, 3.05) is 61.0 Å². The molecule has 10 nitrogen and oxygen atoms in total. The minimum Gasteiger partial charge on any atom is -0.477 e. The summed E-state index contributed by atoms with van der Waals surface area (Å²) in [6.45, 7) is 2.52. The van der Waals surface area contributed by atoms with Gasteiger partial charge in [-0.15, -0.1) is 0 Å². The Balaban J connectivity index is 1.21. The van der Waals surface area contributed by atoms with Crippen LogP contribution in [-0.4, -0.2) is 74.2 Å². The van der Waals surface area contributed by atoms with Gasteiger partial charge in [0.25, 0.3) is 0 Å². The van der Waals surface area contributed by atoms with Gasteiger partial charge in [0, 0.05) is 50.3 Å². The van der Waals surface area contributed by atoms with Crippen molar-refractivity contribution in [3.8, 4) is 0 Å². The zero-order valence-electron chi connectivity index (χ0n) is 21.9. The Morgan fingerprint density at radius 1 is 1.02 bits per heavy atom. The zero-order valence-corrected chi connectivity index (χ0v) is 21.9. The third-order valence-corrected chi connectivity index (χ3v) is 7.78. The van der Waals surface area contributed by atoms with Gasteiger partial charge in [-0.1, -0.05) is 0 Å². The number of likely N-dealkylation sites (N-methyl/N-ethyl adjacent to an activating group) is 1. The van der Waals surface area contributed by atoms with Gasteiger partial charge < -0.3 is 29.5 Å². The molecule has 2 saturated heterocycles. The molecule has 40 heavy (non-hydrogen) atoms. The first kappa shape index (κ1) is 26.1. The molecule has 3 aliphatic rings. The lowest BCUT2D eigenvalue weighted by molar-refractivity contribution is 0.0694. The summed E-state index contributed by atoms with van der Waals surface area (Å²) in [4.78, 5) is 41.7. The number of hydrogen-bond acceptors (Lipinski definition) is 7.